The van der Waals surface area contributed by atoms with E-state index in [1.165, 1.54) is 6.20 Å². The summed E-state index contributed by atoms with van der Waals surface area (Å²) >= 11 is 0. The molecule has 5 rings (SSSR count). The summed E-state index contributed by atoms with van der Waals surface area (Å²) in [6.07, 6.45) is 7.81. The summed E-state index contributed by atoms with van der Waals surface area (Å²) in [6.45, 7) is 3.26. The second kappa shape index (κ2) is 8.61. The molecule has 32 heavy (non-hydrogen) atoms. The molecule has 0 bridgehead atoms. The second-order valence-electron chi connectivity index (χ2n) is 8.25. The lowest BCUT2D eigenvalue weighted by Gasteiger charge is -2.41. The maximum Gasteiger partial charge on any atom is 0.253 e. The zero-order valence-electron chi connectivity index (χ0n) is 17.6. The molecule has 0 unspecified atom stereocenters. The Labute approximate surface area is 186 Å². The normalized spacial score (nSPS) is 18.5. The Morgan fingerprint density at radius 3 is 2.62 bits per heavy atom. The van der Waals surface area contributed by atoms with E-state index in [0.29, 0.717) is 30.1 Å². The number of sulfone groups is 1. The van der Waals surface area contributed by atoms with Gasteiger partial charge in [0.05, 0.1) is 47.2 Å². The van der Waals surface area contributed by atoms with Gasteiger partial charge in [-0.05, 0) is 50.2 Å². The lowest BCUT2D eigenvalue weighted by Crippen LogP contribution is -2.53. The number of likely N-dealkylation sites (tertiary alicyclic amines) is 1. The summed E-state index contributed by atoms with van der Waals surface area (Å²) in [7, 11) is -3.42. The minimum atomic E-state index is -3.42. The molecule has 0 radical (unpaired) electrons. The van der Waals surface area contributed by atoms with Crippen molar-refractivity contribution in [3.05, 3.63) is 60.3 Å². The molecule has 5 heterocycles. The number of fused-ring (bicyclic) bond motifs is 1. The topological polar surface area (TPSA) is 106 Å². The van der Waals surface area contributed by atoms with Crippen LogP contribution in [-0.4, -0.2) is 71.2 Å². The number of hydrogen-bond donors (Lipinski definition) is 1. The van der Waals surface area contributed by atoms with Crippen LogP contribution in [0.1, 0.15) is 28.9 Å². The number of pyridine rings is 2. The van der Waals surface area contributed by atoms with Crippen LogP contribution in [-0.2, 0) is 21.1 Å². The Hall–Kier alpha value is -2.82. The number of piperidine rings is 1. The van der Waals surface area contributed by atoms with Crippen molar-refractivity contribution in [1.29, 1.82) is 0 Å². The molecular formula is C22H25N5O4S. The van der Waals surface area contributed by atoms with Gasteiger partial charge in [0.25, 0.3) is 5.91 Å². The van der Waals surface area contributed by atoms with Crippen LogP contribution in [0.25, 0.3) is 5.65 Å². The smallest absolute Gasteiger partial charge is 0.253 e. The Balaban J connectivity index is 1.18. The Bertz CT molecular complexity index is 1210. The zero-order chi connectivity index (χ0) is 22.1. The Morgan fingerprint density at radius 2 is 1.94 bits per heavy atom. The van der Waals surface area contributed by atoms with Crippen LogP contribution in [0.5, 0.6) is 0 Å². The molecule has 0 aromatic carbocycles. The van der Waals surface area contributed by atoms with Gasteiger partial charge in [-0.3, -0.25) is 14.7 Å². The first kappa shape index (κ1) is 21.0. The highest BCUT2D eigenvalue weighted by Crippen LogP contribution is 2.26. The molecule has 1 amide bonds. The molecule has 1 N–H and O–H groups in total. The van der Waals surface area contributed by atoms with Crippen molar-refractivity contribution in [1.82, 2.24) is 24.6 Å². The van der Waals surface area contributed by atoms with Gasteiger partial charge in [-0.1, -0.05) is 0 Å². The third kappa shape index (κ3) is 4.13. The van der Waals surface area contributed by atoms with E-state index in [1.54, 1.807) is 47.3 Å². The van der Waals surface area contributed by atoms with Gasteiger partial charge in [-0.25, -0.2) is 13.4 Å². The van der Waals surface area contributed by atoms with Crippen molar-refractivity contribution in [2.75, 3.05) is 26.3 Å². The largest absolute Gasteiger partial charge is 0.378 e. The van der Waals surface area contributed by atoms with Crippen LogP contribution in [0.4, 0.5) is 0 Å². The van der Waals surface area contributed by atoms with E-state index in [2.05, 4.69) is 20.2 Å². The van der Waals surface area contributed by atoms with Gasteiger partial charge < -0.3 is 14.5 Å². The first-order valence-electron chi connectivity index (χ1n) is 10.7. The Morgan fingerprint density at radius 1 is 1.12 bits per heavy atom. The Kier molecular flexibility index (Phi) is 5.66. The fraction of sp³-hybridized carbons (Fsp3) is 0.409. The molecule has 0 spiro atoms. The number of imidazole rings is 1. The fourth-order valence-electron chi connectivity index (χ4n) is 4.19. The number of ether oxygens (including phenoxy) is 1. The SMILES string of the molecule is O=C(NCc1ccc(S(=O)(=O)C2CCN(C3COC3)CC2)cn1)c1ccc2nccn2c1. The molecule has 0 saturated carbocycles. The van der Waals surface area contributed by atoms with E-state index in [1.807, 2.05) is 0 Å². The molecule has 168 valence electrons. The zero-order valence-corrected chi connectivity index (χ0v) is 18.4. The van der Waals surface area contributed by atoms with Crippen molar-refractivity contribution in [2.45, 2.75) is 35.6 Å². The maximum absolute atomic E-state index is 13.0. The molecule has 2 aliphatic heterocycles. The highest BCUT2D eigenvalue weighted by atomic mass is 32.2. The van der Waals surface area contributed by atoms with Gasteiger partial charge in [0, 0.05) is 24.8 Å². The van der Waals surface area contributed by atoms with E-state index in [-0.39, 0.29) is 22.6 Å². The van der Waals surface area contributed by atoms with Crippen LogP contribution in [0.15, 0.2) is 53.9 Å². The fourth-order valence-corrected chi connectivity index (χ4v) is 5.86. The number of carbonyl (C=O) groups is 1. The third-order valence-electron chi connectivity index (χ3n) is 6.26. The van der Waals surface area contributed by atoms with Gasteiger partial charge in [0.2, 0.25) is 0 Å². The van der Waals surface area contributed by atoms with Crippen molar-refractivity contribution in [3.63, 3.8) is 0 Å². The molecule has 0 aliphatic carbocycles. The lowest BCUT2D eigenvalue weighted by molar-refractivity contribution is -0.0695. The average molecular weight is 456 g/mol. The number of aromatic nitrogens is 3. The number of carbonyl (C=O) groups excluding carboxylic acids is 1. The van der Waals surface area contributed by atoms with E-state index >= 15 is 0 Å². The number of hydrogen-bond acceptors (Lipinski definition) is 7. The van der Waals surface area contributed by atoms with Crippen LogP contribution >= 0.6 is 0 Å². The molecule has 2 aliphatic rings. The van der Waals surface area contributed by atoms with E-state index in [9.17, 15) is 13.2 Å². The van der Waals surface area contributed by atoms with Gasteiger partial charge in [-0.15, -0.1) is 0 Å². The van der Waals surface area contributed by atoms with Gasteiger partial charge in [-0.2, -0.15) is 0 Å². The average Bonchev–Trinajstić information content (AvgIpc) is 3.25. The van der Waals surface area contributed by atoms with Crippen LogP contribution in [0.2, 0.25) is 0 Å². The maximum atomic E-state index is 13.0. The number of rotatable bonds is 6. The first-order valence-corrected chi connectivity index (χ1v) is 12.3. The predicted octanol–water partition coefficient (Wildman–Crippen LogP) is 1.30. The predicted molar refractivity (Wildman–Crippen MR) is 117 cm³/mol. The molecular weight excluding hydrogens is 430 g/mol. The summed E-state index contributed by atoms with van der Waals surface area (Å²) in [5.74, 6) is -0.234. The molecule has 3 aromatic heterocycles. The molecule has 10 heteroatoms. The number of amides is 1. The summed E-state index contributed by atoms with van der Waals surface area (Å²) < 4.78 is 33.1. The summed E-state index contributed by atoms with van der Waals surface area (Å²) in [5, 5.41) is 2.44. The quantitative estimate of drug-likeness (QED) is 0.597. The minimum Gasteiger partial charge on any atom is -0.378 e. The van der Waals surface area contributed by atoms with Gasteiger partial charge in [0.15, 0.2) is 9.84 Å². The lowest BCUT2D eigenvalue weighted by atomic mass is 10.1. The monoisotopic (exact) mass is 455 g/mol. The molecule has 0 atom stereocenters. The molecule has 3 aromatic rings. The van der Waals surface area contributed by atoms with Crippen LogP contribution in [0.3, 0.4) is 0 Å². The van der Waals surface area contributed by atoms with Crippen molar-refractivity contribution in [3.8, 4) is 0 Å². The number of nitrogens with one attached hydrogen (secondary N) is 1. The van der Waals surface area contributed by atoms with E-state index in [0.717, 1.165) is 32.0 Å². The van der Waals surface area contributed by atoms with Crippen molar-refractivity contribution in [2.24, 2.45) is 0 Å². The van der Waals surface area contributed by atoms with Crippen molar-refractivity contribution < 1.29 is 17.9 Å². The van der Waals surface area contributed by atoms with Gasteiger partial charge in [0.1, 0.15) is 5.65 Å². The minimum absolute atomic E-state index is 0.211. The second-order valence-corrected chi connectivity index (χ2v) is 10.5. The summed E-state index contributed by atoms with van der Waals surface area (Å²) in [5.41, 5.74) is 1.87. The molecule has 2 fully saturated rings. The summed E-state index contributed by atoms with van der Waals surface area (Å²) in [4.78, 5) is 23.4. The molecule has 2 saturated heterocycles. The standard InChI is InChI=1S/C22H25N5O4S/c28-22(16-1-4-21-23-7-10-27(21)13-16)25-11-17-2-3-20(12-24-17)32(29,30)19-5-8-26(9-6-19)18-14-31-15-18/h1-4,7,10,12-13,18-19H,5-6,8-9,11,14-15H2,(H,25,28). The third-order valence-corrected chi connectivity index (χ3v) is 8.51. The van der Waals surface area contributed by atoms with Crippen LogP contribution in [0, 0.1) is 0 Å². The van der Waals surface area contributed by atoms with E-state index in [4.69, 9.17) is 4.74 Å². The highest BCUT2D eigenvalue weighted by molar-refractivity contribution is 7.92. The first-order chi connectivity index (χ1) is 15.5. The van der Waals surface area contributed by atoms with E-state index < -0.39 is 9.84 Å². The van der Waals surface area contributed by atoms with Crippen molar-refractivity contribution >= 4 is 21.4 Å². The van der Waals surface area contributed by atoms with Gasteiger partial charge >= 0.3 is 0 Å². The number of nitrogens with zero attached hydrogens (tertiary/aromatic N) is 4. The highest BCUT2D eigenvalue weighted by Gasteiger charge is 2.35. The summed E-state index contributed by atoms with van der Waals surface area (Å²) in [6, 6.07) is 7.18. The molecule has 9 nitrogen and oxygen atoms in total. The van der Waals surface area contributed by atoms with Crippen LogP contribution < -0.4 is 5.32 Å².